The van der Waals surface area contributed by atoms with Crippen LogP contribution >= 0.6 is 0 Å². The molecule has 0 unspecified atom stereocenters. The number of nitrogens with zero attached hydrogens (tertiary/aromatic N) is 2. The van der Waals surface area contributed by atoms with Crippen LogP contribution in [0, 0.1) is 19.8 Å². The van der Waals surface area contributed by atoms with Crippen molar-refractivity contribution in [2.75, 3.05) is 13.2 Å². The Balaban J connectivity index is 1.89. The van der Waals surface area contributed by atoms with Crippen molar-refractivity contribution in [2.24, 2.45) is 13.0 Å². The molecule has 6 nitrogen and oxygen atoms in total. The summed E-state index contributed by atoms with van der Waals surface area (Å²) in [4.78, 5) is 24.3. The molecule has 1 fully saturated rings. The first kappa shape index (κ1) is 17.7. The molecule has 1 aromatic heterocycles. The molecule has 0 aliphatic heterocycles. The third-order valence-corrected chi connectivity index (χ3v) is 4.61. The van der Waals surface area contributed by atoms with E-state index in [0.717, 1.165) is 6.42 Å². The molecule has 0 bridgehead atoms. The van der Waals surface area contributed by atoms with E-state index in [-0.39, 0.29) is 18.3 Å². The maximum atomic E-state index is 12.2. The van der Waals surface area contributed by atoms with Crippen LogP contribution in [0.3, 0.4) is 0 Å². The number of esters is 1. The molecule has 0 radical (unpaired) electrons. The summed E-state index contributed by atoms with van der Waals surface area (Å²) in [7, 11) is 1.53. The van der Waals surface area contributed by atoms with Crippen LogP contribution in [0.5, 0.6) is 0 Å². The van der Waals surface area contributed by atoms with Gasteiger partial charge in [-0.05, 0) is 38.2 Å². The van der Waals surface area contributed by atoms with E-state index in [0.29, 0.717) is 23.8 Å². The second kappa shape index (κ2) is 7.73. The van der Waals surface area contributed by atoms with Crippen LogP contribution in [0.15, 0.2) is 4.79 Å². The molecule has 1 aliphatic carbocycles. The highest BCUT2D eigenvalue weighted by molar-refractivity contribution is 5.90. The smallest absolute Gasteiger partial charge is 0.344 e. The van der Waals surface area contributed by atoms with Gasteiger partial charge in [0.15, 0.2) is 0 Å². The van der Waals surface area contributed by atoms with Crippen molar-refractivity contribution in [2.45, 2.75) is 52.6 Å². The van der Waals surface area contributed by atoms with Crippen molar-refractivity contribution in [3.63, 3.8) is 0 Å². The van der Waals surface area contributed by atoms with Crippen LogP contribution < -0.4 is 5.56 Å². The first-order chi connectivity index (χ1) is 10.9. The van der Waals surface area contributed by atoms with Gasteiger partial charge in [0, 0.05) is 7.05 Å². The predicted octanol–water partition coefficient (Wildman–Crippen LogP) is 2.15. The highest BCUT2D eigenvalue weighted by atomic mass is 16.6. The second-order valence-electron chi connectivity index (χ2n) is 6.32. The van der Waals surface area contributed by atoms with Gasteiger partial charge in [-0.1, -0.05) is 19.8 Å². The van der Waals surface area contributed by atoms with Gasteiger partial charge in [0.1, 0.15) is 12.2 Å². The lowest BCUT2D eigenvalue weighted by atomic mass is 9.88. The first-order valence-electron chi connectivity index (χ1n) is 8.25. The fourth-order valence-electron chi connectivity index (χ4n) is 3.02. The van der Waals surface area contributed by atoms with Crippen molar-refractivity contribution in [1.29, 1.82) is 0 Å². The summed E-state index contributed by atoms with van der Waals surface area (Å²) in [5.41, 5.74) is 0.845. The van der Waals surface area contributed by atoms with Gasteiger partial charge in [-0.2, -0.15) is 5.10 Å². The largest absolute Gasteiger partial charge is 0.459 e. The topological polar surface area (TPSA) is 70.4 Å². The molecule has 0 aromatic carbocycles. The van der Waals surface area contributed by atoms with Crippen molar-refractivity contribution < 1.29 is 14.3 Å². The number of rotatable bonds is 5. The van der Waals surface area contributed by atoms with E-state index < -0.39 is 11.5 Å². The van der Waals surface area contributed by atoms with Gasteiger partial charge in [-0.25, -0.2) is 9.48 Å². The summed E-state index contributed by atoms with van der Waals surface area (Å²) in [5.74, 6) is -0.0503. The lowest BCUT2D eigenvalue weighted by Gasteiger charge is -2.28. The molecule has 1 saturated carbocycles. The number of carbonyl (C=O) groups is 1. The summed E-state index contributed by atoms with van der Waals surface area (Å²) in [6.45, 7) is 6.19. The zero-order valence-electron chi connectivity index (χ0n) is 14.4. The van der Waals surface area contributed by atoms with Crippen LogP contribution in [0.1, 0.15) is 54.2 Å². The fraction of sp³-hybridized carbons (Fsp3) is 0.706. The minimum Gasteiger partial charge on any atom is -0.459 e. The van der Waals surface area contributed by atoms with Gasteiger partial charge >= 0.3 is 5.97 Å². The summed E-state index contributed by atoms with van der Waals surface area (Å²) < 4.78 is 12.2. The molecule has 0 amide bonds. The third kappa shape index (κ3) is 4.19. The van der Waals surface area contributed by atoms with E-state index in [2.05, 4.69) is 12.0 Å². The number of aryl methyl sites for hydroxylation is 2. The lowest BCUT2D eigenvalue weighted by Crippen LogP contribution is -2.31. The molecule has 1 aliphatic rings. The quantitative estimate of drug-likeness (QED) is 0.613. The SMILES string of the molecule is Cc1nn(C)c(=O)c(C(=O)OCCO[C@@H]2CCCC[C@@H]2C)c1C. The molecule has 23 heavy (non-hydrogen) atoms. The Morgan fingerprint density at radius 2 is 1.96 bits per heavy atom. The lowest BCUT2D eigenvalue weighted by molar-refractivity contribution is -0.0272. The molecule has 0 saturated heterocycles. The first-order valence-corrected chi connectivity index (χ1v) is 8.25. The zero-order valence-corrected chi connectivity index (χ0v) is 14.4. The third-order valence-electron chi connectivity index (χ3n) is 4.61. The number of ether oxygens (including phenoxy) is 2. The minimum atomic E-state index is -0.603. The maximum Gasteiger partial charge on any atom is 0.344 e. The van der Waals surface area contributed by atoms with Gasteiger partial charge in [-0.3, -0.25) is 4.79 Å². The van der Waals surface area contributed by atoms with Gasteiger partial charge in [0.25, 0.3) is 5.56 Å². The predicted molar refractivity (Wildman–Crippen MR) is 86.6 cm³/mol. The Bertz CT molecular complexity index is 624. The molecule has 0 N–H and O–H groups in total. The number of carbonyl (C=O) groups excluding carboxylic acids is 1. The monoisotopic (exact) mass is 322 g/mol. The highest BCUT2D eigenvalue weighted by Gasteiger charge is 2.22. The minimum absolute atomic E-state index is 0.0611. The molecule has 6 heteroatoms. The Labute approximate surface area is 136 Å². The van der Waals surface area contributed by atoms with E-state index in [1.807, 2.05) is 0 Å². The fourth-order valence-corrected chi connectivity index (χ4v) is 3.02. The second-order valence-corrected chi connectivity index (χ2v) is 6.32. The number of aromatic nitrogens is 2. The number of hydrogen-bond acceptors (Lipinski definition) is 5. The zero-order chi connectivity index (χ0) is 17.0. The summed E-state index contributed by atoms with van der Waals surface area (Å²) in [5, 5.41) is 4.05. The van der Waals surface area contributed by atoms with E-state index in [9.17, 15) is 9.59 Å². The Hall–Kier alpha value is -1.69. The Morgan fingerprint density at radius 3 is 2.65 bits per heavy atom. The van der Waals surface area contributed by atoms with Gasteiger partial charge in [0.05, 0.1) is 18.4 Å². The van der Waals surface area contributed by atoms with E-state index in [1.54, 1.807) is 13.8 Å². The Morgan fingerprint density at radius 1 is 1.26 bits per heavy atom. The van der Waals surface area contributed by atoms with Gasteiger partial charge in [0.2, 0.25) is 0 Å². The molecule has 1 heterocycles. The molecule has 2 atom stereocenters. The van der Waals surface area contributed by atoms with Crippen molar-refractivity contribution in [1.82, 2.24) is 9.78 Å². The average Bonchev–Trinajstić information content (AvgIpc) is 2.51. The summed E-state index contributed by atoms with van der Waals surface area (Å²) in [6, 6.07) is 0. The van der Waals surface area contributed by atoms with E-state index in [1.165, 1.54) is 31.0 Å². The molecular formula is C17H26N2O4. The highest BCUT2D eigenvalue weighted by Crippen LogP contribution is 2.26. The van der Waals surface area contributed by atoms with Crippen molar-refractivity contribution in [3.05, 3.63) is 27.2 Å². The Kier molecular flexibility index (Phi) is 5.93. The van der Waals surface area contributed by atoms with Crippen LogP contribution in [0.2, 0.25) is 0 Å². The van der Waals surface area contributed by atoms with Gasteiger partial charge in [-0.15, -0.1) is 0 Å². The summed E-state index contributed by atoms with van der Waals surface area (Å²) >= 11 is 0. The van der Waals surface area contributed by atoms with Crippen molar-refractivity contribution in [3.8, 4) is 0 Å². The normalized spacial score (nSPS) is 21.2. The molecular weight excluding hydrogens is 296 g/mol. The van der Waals surface area contributed by atoms with Crippen LogP contribution in [-0.4, -0.2) is 35.1 Å². The maximum absolute atomic E-state index is 12.2. The number of hydrogen-bond donors (Lipinski definition) is 0. The van der Waals surface area contributed by atoms with Crippen LogP contribution in [0.4, 0.5) is 0 Å². The van der Waals surface area contributed by atoms with Crippen LogP contribution in [-0.2, 0) is 16.5 Å². The molecule has 0 spiro atoms. The summed E-state index contributed by atoms with van der Waals surface area (Å²) in [6.07, 6.45) is 4.97. The average molecular weight is 322 g/mol. The van der Waals surface area contributed by atoms with Gasteiger partial charge < -0.3 is 9.47 Å². The van der Waals surface area contributed by atoms with Crippen molar-refractivity contribution >= 4 is 5.97 Å². The van der Waals surface area contributed by atoms with Crippen LogP contribution in [0.25, 0.3) is 0 Å². The molecule has 2 rings (SSSR count). The van der Waals surface area contributed by atoms with E-state index >= 15 is 0 Å². The molecule has 128 valence electrons. The standard InChI is InChI=1S/C17H26N2O4/c1-11-7-5-6-8-14(11)22-9-10-23-17(21)15-12(2)13(3)18-19(4)16(15)20/h11,14H,5-10H2,1-4H3/t11-,14+/m0/s1. The molecule has 1 aromatic rings. The van der Waals surface area contributed by atoms with E-state index in [4.69, 9.17) is 9.47 Å².